The molecule has 0 aliphatic heterocycles. The van der Waals surface area contributed by atoms with Gasteiger partial charge < -0.3 is 5.11 Å². The minimum atomic E-state index is -0.394. The summed E-state index contributed by atoms with van der Waals surface area (Å²) in [5, 5.41) is 12.2. The van der Waals surface area contributed by atoms with Crippen LogP contribution in [0.2, 0.25) is 0 Å². The number of benzene rings is 1. The molecule has 0 bridgehead atoms. The van der Waals surface area contributed by atoms with E-state index in [1.54, 1.807) is 11.3 Å². The van der Waals surface area contributed by atoms with Crippen molar-refractivity contribution in [2.24, 2.45) is 0 Å². The van der Waals surface area contributed by atoms with Gasteiger partial charge in [0, 0.05) is 6.42 Å². The molecule has 1 atom stereocenters. The van der Waals surface area contributed by atoms with Crippen LogP contribution >= 0.6 is 33.9 Å². The predicted molar refractivity (Wildman–Crippen MR) is 86.2 cm³/mol. The summed E-state index contributed by atoms with van der Waals surface area (Å²) in [5.41, 5.74) is 3.56. The third-order valence-electron chi connectivity index (χ3n) is 3.05. The van der Waals surface area contributed by atoms with Crippen molar-refractivity contribution in [3.05, 3.63) is 55.3 Å². The smallest absolute Gasteiger partial charge is 0.0838 e. The Balaban J connectivity index is 2.05. The fourth-order valence-corrected chi connectivity index (χ4v) is 3.30. The van der Waals surface area contributed by atoms with E-state index in [4.69, 9.17) is 0 Å². The van der Waals surface area contributed by atoms with Crippen LogP contribution in [-0.2, 0) is 6.42 Å². The van der Waals surface area contributed by atoms with Crippen molar-refractivity contribution in [2.45, 2.75) is 32.3 Å². The number of halogens is 1. The highest BCUT2D eigenvalue weighted by atomic mass is 127. The van der Waals surface area contributed by atoms with E-state index >= 15 is 0 Å². The molecule has 3 heteroatoms. The lowest BCUT2D eigenvalue weighted by atomic mass is 9.98. The minimum Gasteiger partial charge on any atom is -0.388 e. The standard InChI is InChI=1S/C15H17IOS/c1-10(2)12-5-3-11(4-6-12)7-14(17)13-8-15(16)18-9-13/h3-6,8-10,14,17H,7H2,1-2H3. The van der Waals surface area contributed by atoms with E-state index in [1.807, 2.05) is 5.38 Å². The number of thiophene rings is 1. The summed E-state index contributed by atoms with van der Waals surface area (Å²) in [6, 6.07) is 10.6. The summed E-state index contributed by atoms with van der Waals surface area (Å²) in [6.45, 7) is 4.38. The molecule has 0 aliphatic rings. The number of aliphatic hydroxyl groups excluding tert-OH is 1. The molecule has 0 saturated carbocycles. The maximum atomic E-state index is 10.2. The van der Waals surface area contributed by atoms with Crippen LogP contribution in [0.25, 0.3) is 0 Å². The Bertz CT molecular complexity index is 501. The van der Waals surface area contributed by atoms with Crippen molar-refractivity contribution in [3.63, 3.8) is 0 Å². The predicted octanol–water partition coefficient (Wildman–Crippen LogP) is 4.75. The zero-order valence-electron chi connectivity index (χ0n) is 10.6. The van der Waals surface area contributed by atoms with E-state index in [0.717, 1.165) is 5.56 Å². The van der Waals surface area contributed by atoms with Crippen molar-refractivity contribution in [1.29, 1.82) is 0 Å². The maximum Gasteiger partial charge on any atom is 0.0838 e. The maximum absolute atomic E-state index is 10.2. The molecule has 0 saturated heterocycles. The van der Waals surface area contributed by atoms with Crippen LogP contribution in [0.5, 0.6) is 0 Å². The first-order chi connectivity index (χ1) is 8.56. The van der Waals surface area contributed by atoms with Gasteiger partial charge in [-0.15, -0.1) is 11.3 Å². The fourth-order valence-electron chi connectivity index (χ4n) is 1.88. The monoisotopic (exact) mass is 372 g/mol. The number of aliphatic hydroxyl groups is 1. The first-order valence-corrected chi connectivity index (χ1v) is 8.03. The Hall–Kier alpha value is -0.390. The van der Waals surface area contributed by atoms with Gasteiger partial charge in [-0.3, -0.25) is 0 Å². The molecular weight excluding hydrogens is 355 g/mol. The van der Waals surface area contributed by atoms with Gasteiger partial charge in [-0.05, 0) is 56.6 Å². The molecule has 2 rings (SSSR count). The molecule has 0 radical (unpaired) electrons. The van der Waals surface area contributed by atoms with E-state index < -0.39 is 6.10 Å². The van der Waals surface area contributed by atoms with Crippen LogP contribution in [-0.4, -0.2) is 5.11 Å². The van der Waals surface area contributed by atoms with Crippen LogP contribution in [0, 0.1) is 2.88 Å². The topological polar surface area (TPSA) is 20.2 Å². The summed E-state index contributed by atoms with van der Waals surface area (Å²) < 4.78 is 1.22. The van der Waals surface area contributed by atoms with Gasteiger partial charge in [0.2, 0.25) is 0 Å². The molecular formula is C15H17IOS. The lowest BCUT2D eigenvalue weighted by Crippen LogP contribution is -2.00. The summed E-state index contributed by atoms with van der Waals surface area (Å²) >= 11 is 3.96. The van der Waals surface area contributed by atoms with Gasteiger partial charge in [0.05, 0.1) is 8.99 Å². The largest absolute Gasteiger partial charge is 0.388 e. The van der Waals surface area contributed by atoms with E-state index in [9.17, 15) is 5.11 Å². The van der Waals surface area contributed by atoms with Crippen LogP contribution < -0.4 is 0 Å². The molecule has 18 heavy (non-hydrogen) atoms. The lowest BCUT2D eigenvalue weighted by molar-refractivity contribution is 0.179. The highest BCUT2D eigenvalue weighted by molar-refractivity contribution is 14.1. The normalized spacial score (nSPS) is 12.9. The molecule has 1 N–H and O–H groups in total. The van der Waals surface area contributed by atoms with Crippen molar-refractivity contribution < 1.29 is 5.11 Å². The quantitative estimate of drug-likeness (QED) is 0.768. The Kier molecular flexibility index (Phi) is 4.81. The second-order valence-electron chi connectivity index (χ2n) is 4.80. The van der Waals surface area contributed by atoms with E-state index in [0.29, 0.717) is 12.3 Å². The molecule has 2 aromatic rings. The first-order valence-electron chi connectivity index (χ1n) is 6.07. The van der Waals surface area contributed by atoms with E-state index in [2.05, 4.69) is 66.8 Å². The van der Waals surface area contributed by atoms with Crippen LogP contribution in [0.1, 0.15) is 42.6 Å². The molecule has 0 fully saturated rings. The summed E-state index contributed by atoms with van der Waals surface area (Å²) in [7, 11) is 0. The van der Waals surface area contributed by atoms with Crippen LogP contribution in [0.4, 0.5) is 0 Å². The van der Waals surface area contributed by atoms with Gasteiger partial charge in [-0.2, -0.15) is 0 Å². The number of hydrogen-bond acceptors (Lipinski definition) is 2. The fraction of sp³-hybridized carbons (Fsp3) is 0.333. The van der Waals surface area contributed by atoms with Crippen molar-refractivity contribution >= 4 is 33.9 Å². The van der Waals surface area contributed by atoms with Crippen molar-refractivity contribution in [1.82, 2.24) is 0 Å². The number of hydrogen-bond donors (Lipinski definition) is 1. The summed E-state index contributed by atoms with van der Waals surface area (Å²) in [4.78, 5) is 0. The molecule has 0 spiro atoms. The Morgan fingerprint density at radius 2 is 1.83 bits per heavy atom. The van der Waals surface area contributed by atoms with Gasteiger partial charge in [-0.25, -0.2) is 0 Å². The van der Waals surface area contributed by atoms with Gasteiger partial charge in [0.25, 0.3) is 0 Å². The van der Waals surface area contributed by atoms with Gasteiger partial charge in [-0.1, -0.05) is 38.1 Å². The van der Waals surface area contributed by atoms with Crippen LogP contribution in [0.15, 0.2) is 35.7 Å². The van der Waals surface area contributed by atoms with Gasteiger partial charge in [0.15, 0.2) is 0 Å². The second-order valence-corrected chi connectivity index (χ2v) is 7.61. The summed E-state index contributed by atoms with van der Waals surface area (Å²) in [6.07, 6.45) is 0.292. The highest BCUT2D eigenvalue weighted by Crippen LogP contribution is 2.25. The zero-order chi connectivity index (χ0) is 13.1. The Labute approximate surface area is 126 Å². The van der Waals surface area contributed by atoms with Crippen LogP contribution in [0.3, 0.4) is 0 Å². The number of rotatable bonds is 4. The molecule has 0 amide bonds. The molecule has 1 aromatic carbocycles. The van der Waals surface area contributed by atoms with Crippen molar-refractivity contribution in [3.8, 4) is 0 Å². The average Bonchev–Trinajstić information content (AvgIpc) is 2.76. The third kappa shape index (κ3) is 3.56. The molecule has 1 aromatic heterocycles. The molecule has 1 unspecified atom stereocenters. The Morgan fingerprint density at radius 3 is 2.33 bits per heavy atom. The SMILES string of the molecule is CC(C)c1ccc(CC(O)c2csc(I)c2)cc1. The van der Waals surface area contributed by atoms with E-state index in [-0.39, 0.29) is 0 Å². The lowest BCUT2D eigenvalue weighted by Gasteiger charge is -2.10. The van der Waals surface area contributed by atoms with Gasteiger partial charge in [0.1, 0.15) is 0 Å². The molecule has 0 aliphatic carbocycles. The molecule has 1 nitrogen and oxygen atoms in total. The second kappa shape index (κ2) is 6.17. The average molecular weight is 372 g/mol. The summed E-state index contributed by atoms with van der Waals surface area (Å²) in [5.74, 6) is 0.558. The van der Waals surface area contributed by atoms with E-state index in [1.165, 1.54) is 14.0 Å². The molecule has 1 heterocycles. The molecule has 96 valence electrons. The highest BCUT2D eigenvalue weighted by Gasteiger charge is 2.10. The zero-order valence-corrected chi connectivity index (χ0v) is 13.5. The Morgan fingerprint density at radius 1 is 1.17 bits per heavy atom. The first kappa shape index (κ1) is 14.0. The van der Waals surface area contributed by atoms with Crippen molar-refractivity contribution in [2.75, 3.05) is 0 Å². The minimum absolute atomic E-state index is 0.394. The van der Waals surface area contributed by atoms with Gasteiger partial charge >= 0.3 is 0 Å². The third-order valence-corrected chi connectivity index (χ3v) is 4.86.